The molecule has 31 heavy (non-hydrogen) atoms. The number of rotatable bonds is 10. The van der Waals surface area contributed by atoms with E-state index in [1.54, 1.807) is 6.92 Å². The lowest BCUT2D eigenvalue weighted by atomic mass is 9.98. The second-order valence-electron chi connectivity index (χ2n) is 7.11. The molecule has 0 saturated carbocycles. The van der Waals surface area contributed by atoms with Gasteiger partial charge in [-0.25, -0.2) is 12.8 Å². The Labute approximate surface area is 181 Å². The van der Waals surface area contributed by atoms with Crippen molar-refractivity contribution in [1.82, 2.24) is 0 Å². The largest absolute Gasteiger partial charge is 0.496 e. The highest BCUT2D eigenvalue weighted by Crippen LogP contribution is 2.36. The number of amides is 1. The Morgan fingerprint density at radius 2 is 1.81 bits per heavy atom. The molecule has 2 aromatic rings. The minimum atomic E-state index is -4.09. The Bertz CT molecular complexity index is 1030. The minimum absolute atomic E-state index is 0.0383. The van der Waals surface area contributed by atoms with Gasteiger partial charge in [0.25, 0.3) is 10.0 Å². The summed E-state index contributed by atoms with van der Waals surface area (Å²) < 4.78 is 53.6. The van der Waals surface area contributed by atoms with Gasteiger partial charge in [0.1, 0.15) is 22.1 Å². The van der Waals surface area contributed by atoms with Crippen molar-refractivity contribution in [2.24, 2.45) is 0 Å². The number of alkyl halides is 1. The smallest absolute Gasteiger partial charge is 0.265 e. The van der Waals surface area contributed by atoms with Gasteiger partial charge in [-0.3, -0.25) is 9.52 Å². The molecule has 0 fully saturated rings. The van der Waals surface area contributed by atoms with Crippen LogP contribution in [0, 0.1) is 0 Å². The fraction of sp³-hybridized carbons (Fsp3) is 0.381. The molecule has 0 aliphatic carbocycles. The van der Waals surface area contributed by atoms with Crippen LogP contribution in [0.3, 0.4) is 0 Å². The van der Waals surface area contributed by atoms with E-state index in [9.17, 15) is 17.6 Å². The normalized spacial score (nSPS) is 11.7. The first-order valence-corrected chi connectivity index (χ1v) is 11.1. The summed E-state index contributed by atoms with van der Waals surface area (Å²) in [6.45, 7) is 4.28. The molecule has 2 aromatic carbocycles. The van der Waals surface area contributed by atoms with Crippen LogP contribution >= 0.6 is 0 Å². The fourth-order valence-corrected chi connectivity index (χ4v) is 4.02. The molecule has 0 bridgehead atoms. The van der Waals surface area contributed by atoms with Gasteiger partial charge in [-0.1, -0.05) is 0 Å². The van der Waals surface area contributed by atoms with E-state index in [1.807, 2.05) is 0 Å². The highest BCUT2D eigenvalue weighted by atomic mass is 32.2. The highest BCUT2D eigenvalue weighted by molar-refractivity contribution is 7.92. The Morgan fingerprint density at radius 3 is 2.39 bits per heavy atom. The van der Waals surface area contributed by atoms with Gasteiger partial charge in [-0.2, -0.15) is 0 Å². The number of carbonyl (C=O) groups is 1. The number of hydrogen-bond donors (Lipinski definition) is 3. The van der Waals surface area contributed by atoms with Crippen LogP contribution in [0.5, 0.6) is 11.5 Å². The SMILES string of the molecule is CCOc1cc(NC(=O)CCO)ccc1S(=O)(=O)Nc1ccc(OC)c(C(C)(C)F)c1. The molecular weight excluding hydrogens is 427 g/mol. The molecule has 8 nitrogen and oxygen atoms in total. The summed E-state index contributed by atoms with van der Waals surface area (Å²) in [7, 11) is -2.69. The third kappa shape index (κ3) is 6.31. The van der Waals surface area contributed by atoms with Crippen LogP contribution in [0.1, 0.15) is 32.8 Å². The van der Waals surface area contributed by atoms with Crippen LogP contribution in [0.2, 0.25) is 0 Å². The van der Waals surface area contributed by atoms with Crippen molar-refractivity contribution < 1.29 is 32.2 Å². The number of aliphatic hydroxyl groups excluding tert-OH is 1. The summed E-state index contributed by atoms with van der Waals surface area (Å²) in [6.07, 6.45) is -0.0870. The van der Waals surface area contributed by atoms with Crippen LogP contribution in [0.25, 0.3) is 0 Å². The van der Waals surface area contributed by atoms with Crippen LogP contribution in [0.4, 0.5) is 15.8 Å². The van der Waals surface area contributed by atoms with Crippen molar-refractivity contribution >= 4 is 27.3 Å². The monoisotopic (exact) mass is 454 g/mol. The van der Waals surface area contributed by atoms with E-state index in [2.05, 4.69) is 10.0 Å². The summed E-state index contributed by atoms with van der Waals surface area (Å²) in [4.78, 5) is 11.5. The molecule has 2 rings (SSSR count). The van der Waals surface area contributed by atoms with Crippen molar-refractivity contribution in [2.75, 3.05) is 30.4 Å². The van der Waals surface area contributed by atoms with Gasteiger partial charge in [0, 0.05) is 23.0 Å². The first kappa shape index (κ1) is 24.4. The van der Waals surface area contributed by atoms with Crippen molar-refractivity contribution in [3.8, 4) is 11.5 Å². The van der Waals surface area contributed by atoms with E-state index in [4.69, 9.17) is 14.6 Å². The molecule has 0 spiro atoms. The average molecular weight is 455 g/mol. The van der Waals surface area contributed by atoms with Crippen molar-refractivity contribution in [2.45, 2.75) is 37.8 Å². The Hall–Kier alpha value is -2.85. The maximum atomic E-state index is 14.5. The van der Waals surface area contributed by atoms with E-state index < -0.39 is 21.6 Å². The second-order valence-corrected chi connectivity index (χ2v) is 8.76. The van der Waals surface area contributed by atoms with Crippen LogP contribution < -0.4 is 19.5 Å². The number of ether oxygens (including phenoxy) is 2. The number of benzene rings is 2. The first-order valence-electron chi connectivity index (χ1n) is 9.59. The molecule has 10 heteroatoms. The quantitative estimate of drug-likeness (QED) is 0.507. The van der Waals surface area contributed by atoms with E-state index >= 15 is 0 Å². The molecule has 3 N–H and O–H groups in total. The fourth-order valence-electron chi connectivity index (χ4n) is 2.85. The Morgan fingerprint density at radius 1 is 1.13 bits per heavy atom. The van der Waals surface area contributed by atoms with Gasteiger partial charge in [0.15, 0.2) is 0 Å². The van der Waals surface area contributed by atoms with Crippen molar-refractivity contribution in [1.29, 1.82) is 0 Å². The molecule has 0 heterocycles. The van der Waals surface area contributed by atoms with Gasteiger partial charge in [0.05, 0.1) is 26.7 Å². The first-order chi connectivity index (χ1) is 14.5. The lowest BCUT2D eigenvalue weighted by Crippen LogP contribution is -2.17. The number of sulfonamides is 1. The topological polar surface area (TPSA) is 114 Å². The molecule has 0 saturated heterocycles. The zero-order valence-electron chi connectivity index (χ0n) is 17.9. The number of aliphatic hydroxyl groups is 1. The van der Waals surface area contributed by atoms with Gasteiger partial charge in [0.2, 0.25) is 5.91 Å². The van der Waals surface area contributed by atoms with E-state index in [0.717, 1.165) is 0 Å². The van der Waals surface area contributed by atoms with Crippen molar-refractivity contribution in [3.05, 3.63) is 42.0 Å². The summed E-state index contributed by atoms with van der Waals surface area (Å²) >= 11 is 0. The number of carbonyl (C=O) groups excluding carboxylic acids is 1. The molecular formula is C21H27FN2O6S. The van der Waals surface area contributed by atoms with Crippen LogP contribution in [-0.4, -0.2) is 39.8 Å². The molecule has 0 atom stereocenters. The summed E-state index contributed by atoms with van der Waals surface area (Å²) in [5, 5.41) is 11.4. The molecule has 170 valence electrons. The molecule has 1 amide bonds. The maximum Gasteiger partial charge on any atom is 0.265 e. The highest BCUT2D eigenvalue weighted by Gasteiger charge is 2.26. The Kier molecular flexibility index (Phi) is 7.85. The lowest BCUT2D eigenvalue weighted by molar-refractivity contribution is -0.116. The minimum Gasteiger partial charge on any atom is -0.496 e. The molecule has 0 unspecified atom stereocenters. The van der Waals surface area contributed by atoms with Crippen LogP contribution in [0.15, 0.2) is 41.3 Å². The Balaban J connectivity index is 2.40. The summed E-state index contributed by atoms with van der Waals surface area (Å²) in [5.41, 5.74) is -1.07. The van der Waals surface area contributed by atoms with Gasteiger partial charge >= 0.3 is 0 Å². The van der Waals surface area contributed by atoms with Crippen LogP contribution in [-0.2, 0) is 20.5 Å². The molecule has 0 radical (unpaired) electrons. The maximum absolute atomic E-state index is 14.5. The third-order valence-corrected chi connectivity index (χ3v) is 5.67. The van der Waals surface area contributed by atoms with Gasteiger partial charge < -0.3 is 19.9 Å². The number of nitrogens with one attached hydrogen (secondary N) is 2. The zero-order chi connectivity index (χ0) is 23.2. The zero-order valence-corrected chi connectivity index (χ0v) is 18.7. The van der Waals surface area contributed by atoms with Gasteiger partial charge in [-0.15, -0.1) is 0 Å². The molecule has 0 aliphatic rings. The van der Waals surface area contributed by atoms with Crippen molar-refractivity contribution in [3.63, 3.8) is 0 Å². The predicted molar refractivity (Wildman–Crippen MR) is 116 cm³/mol. The lowest BCUT2D eigenvalue weighted by Gasteiger charge is -2.20. The standard InChI is InChI=1S/C21H27FN2O6S/c1-5-30-18-13-14(23-20(26)10-11-25)7-9-19(18)31(27,28)24-15-6-8-17(29-4)16(12-15)21(2,3)22/h6-9,12-13,24-25H,5,10-11H2,1-4H3,(H,23,26). The van der Waals surface area contributed by atoms with E-state index in [1.165, 1.54) is 57.4 Å². The van der Waals surface area contributed by atoms with E-state index in [0.29, 0.717) is 11.4 Å². The number of anilines is 2. The third-order valence-electron chi connectivity index (χ3n) is 4.25. The van der Waals surface area contributed by atoms with Gasteiger partial charge in [-0.05, 0) is 51.1 Å². The number of methoxy groups -OCH3 is 1. The number of hydrogen-bond acceptors (Lipinski definition) is 6. The predicted octanol–water partition coefficient (Wildman–Crippen LogP) is 3.42. The summed E-state index contributed by atoms with van der Waals surface area (Å²) in [6, 6.07) is 8.42. The number of halogens is 1. The summed E-state index contributed by atoms with van der Waals surface area (Å²) in [5.74, 6) is -0.0805. The second kappa shape index (κ2) is 9.97. The van der Waals surface area contributed by atoms with E-state index in [-0.39, 0.29) is 41.5 Å². The molecule has 0 aromatic heterocycles. The average Bonchev–Trinajstić information content (AvgIpc) is 2.67. The molecule has 0 aliphatic heterocycles.